The van der Waals surface area contributed by atoms with Gasteiger partial charge in [0.2, 0.25) is 0 Å². The van der Waals surface area contributed by atoms with Gasteiger partial charge in [0.05, 0.1) is 6.10 Å². The normalized spacial score (nSPS) is 25.8. The molecule has 0 amide bonds. The lowest BCUT2D eigenvalue weighted by atomic mass is 9.94. The van der Waals surface area contributed by atoms with Crippen molar-refractivity contribution >= 4 is 15.9 Å². The third kappa shape index (κ3) is 3.25. The summed E-state index contributed by atoms with van der Waals surface area (Å²) in [5, 5.41) is 9.95. The van der Waals surface area contributed by atoms with E-state index >= 15 is 0 Å². The monoisotopic (exact) mass is 313 g/mol. The number of ether oxygens (including phenoxy) is 1. The summed E-state index contributed by atoms with van der Waals surface area (Å²) < 4.78 is 6.96. The first kappa shape index (κ1) is 13.8. The molecule has 0 radical (unpaired) electrons. The van der Waals surface area contributed by atoms with Crippen molar-refractivity contribution in [3.8, 4) is 5.75 Å². The van der Waals surface area contributed by atoms with E-state index in [1.165, 1.54) is 0 Å². The first-order valence-electron chi connectivity index (χ1n) is 6.47. The van der Waals surface area contributed by atoms with Crippen LogP contribution in [0, 0.1) is 0 Å². The largest absolute Gasteiger partial charge is 0.487 e. The molecule has 1 aliphatic rings. The zero-order valence-electron chi connectivity index (χ0n) is 10.6. The molecule has 1 aromatic carbocycles. The van der Waals surface area contributed by atoms with E-state index in [4.69, 9.17) is 10.5 Å². The minimum absolute atomic E-state index is 0.0850. The van der Waals surface area contributed by atoms with E-state index in [2.05, 4.69) is 15.9 Å². The van der Waals surface area contributed by atoms with Gasteiger partial charge in [-0.25, -0.2) is 0 Å². The van der Waals surface area contributed by atoms with Gasteiger partial charge in [-0.3, -0.25) is 0 Å². The van der Waals surface area contributed by atoms with E-state index in [1.807, 2.05) is 25.1 Å². The molecular weight excluding hydrogens is 294 g/mol. The molecule has 1 fully saturated rings. The molecule has 0 heterocycles. The maximum absolute atomic E-state index is 9.95. The third-order valence-corrected chi connectivity index (χ3v) is 3.90. The molecule has 0 spiro atoms. The minimum Gasteiger partial charge on any atom is -0.487 e. The summed E-state index contributed by atoms with van der Waals surface area (Å²) in [5.74, 6) is 0.791. The van der Waals surface area contributed by atoms with E-state index in [-0.39, 0.29) is 18.2 Å². The lowest BCUT2D eigenvalue weighted by molar-refractivity contribution is 0.00626. The van der Waals surface area contributed by atoms with E-state index in [0.717, 1.165) is 41.5 Å². The summed E-state index contributed by atoms with van der Waals surface area (Å²) in [6, 6.07) is 5.76. The third-order valence-electron chi connectivity index (χ3n) is 3.41. The number of benzene rings is 1. The molecule has 0 saturated heterocycles. The van der Waals surface area contributed by atoms with Gasteiger partial charge in [0.1, 0.15) is 11.9 Å². The van der Waals surface area contributed by atoms with Crippen molar-refractivity contribution in [1.29, 1.82) is 0 Å². The van der Waals surface area contributed by atoms with Gasteiger partial charge in [-0.05, 0) is 44.4 Å². The fraction of sp³-hybridized carbons (Fsp3) is 0.571. The quantitative estimate of drug-likeness (QED) is 0.901. The van der Waals surface area contributed by atoms with Crippen LogP contribution >= 0.6 is 15.9 Å². The van der Waals surface area contributed by atoms with Gasteiger partial charge in [0, 0.05) is 16.1 Å². The Bertz CT molecular complexity index is 409. The molecule has 100 valence electrons. The summed E-state index contributed by atoms with van der Waals surface area (Å²) in [4.78, 5) is 0. The summed E-state index contributed by atoms with van der Waals surface area (Å²) in [6.07, 6.45) is 3.48. The SMILES string of the molecule is CC(N)c1cc(Br)ccc1OC1CCCCC1O. The van der Waals surface area contributed by atoms with Crippen molar-refractivity contribution < 1.29 is 9.84 Å². The van der Waals surface area contributed by atoms with Crippen LogP contribution in [0.3, 0.4) is 0 Å². The van der Waals surface area contributed by atoms with Gasteiger partial charge >= 0.3 is 0 Å². The summed E-state index contributed by atoms with van der Waals surface area (Å²) >= 11 is 3.44. The van der Waals surface area contributed by atoms with Crippen molar-refractivity contribution in [3.05, 3.63) is 28.2 Å². The summed E-state index contributed by atoms with van der Waals surface area (Å²) in [7, 11) is 0. The molecule has 0 aromatic heterocycles. The lowest BCUT2D eigenvalue weighted by Crippen LogP contribution is -2.35. The van der Waals surface area contributed by atoms with Crippen LogP contribution in [0.15, 0.2) is 22.7 Å². The molecule has 3 unspecified atom stereocenters. The second kappa shape index (κ2) is 6.04. The Morgan fingerprint density at radius 1 is 1.39 bits per heavy atom. The highest BCUT2D eigenvalue weighted by Gasteiger charge is 2.25. The first-order valence-corrected chi connectivity index (χ1v) is 7.27. The molecule has 3 nitrogen and oxygen atoms in total. The van der Waals surface area contributed by atoms with Crippen molar-refractivity contribution in [2.45, 2.75) is 50.9 Å². The van der Waals surface area contributed by atoms with Gasteiger partial charge < -0.3 is 15.6 Å². The molecule has 3 atom stereocenters. The Balaban J connectivity index is 2.17. The van der Waals surface area contributed by atoms with Crippen LogP contribution in [0.5, 0.6) is 5.75 Å². The number of aliphatic hydroxyl groups excluding tert-OH is 1. The Hall–Kier alpha value is -0.580. The minimum atomic E-state index is -0.358. The van der Waals surface area contributed by atoms with Crippen molar-refractivity contribution in [2.75, 3.05) is 0 Å². The molecule has 1 saturated carbocycles. The first-order chi connectivity index (χ1) is 8.58. The number of nitrogens with two attached hydrogens (primary N) is 1. The topological polar surface area (TPSA) is 55.5 Å². The number of aliphatic hydroxyl groups is 1. The van der Waals surface area contributed by atoms with Crippen LogP contribution in [-0.2, 0) is 0 Å². The van der Waals surface area contributed by atoms with Crippen LogP contribution in [0.4, 0.5) is 0 Å². The molecule has 1 aliphatic carbocycles. The number of hydrogen-bond acceptors (Lipinski definition) is 3. The maximum Gasteiger partial charge on any atom is 0.124 e. The Morgan fingerprint density at radius 3 is 2.78 bits per heavy atom. The fourth-order valence-corrected chi connectivity index (χ4v) is 2.74. The Morgan fingerprint density at radius 2 is 2.11 bits per heavy atom. The molecule has 18 heavy (non-hydrogen) atoms. The number of rotatable bonds is 3. The van der Waals surface area contributed by atoms with Gasteiger partial charge in [0.15, 0.2) is 0 Å². The van der Waals surface area contributed by atoms with E-state index in [1.54, 1.807) is 0 Å². The van der Waals surface area contributed by atoms with Crippen LogP contribution in [-0.4, -0.2) is 17.3 Å². The van der Waals surface area contributed by atoms with Crippen molar-refractivity contribution in [1.82, 2.24) is 0 Å². The highest BCUT2D eigenvalue weighted by Crippen LogP contribution is 2.31. The fourth-order valence-electron chi connectivity index (χ4n) is 2.36. The lowest BCUT2D eigenvalue weighted by Gasteiger charge is -2.29. The van der Waals surface area contributed by atoms with E-state index in [0.29, 0.717) is 0 Å². The van der Waals surface area contributed by atoms with Crippen LogP contribution in [0.2, 0.25) is 0 Å². The highest BCUT2D eigenvalue weighted by molar-refractivity contribution is 9.10. The molecule has 4 heteroatoms. The van der Waals surface area contributed by atoms with Crippen LogP contribution in [0.1, 0.15) is 44.2 Å². The zero-order valence-corrected chi connectivity index (χ0v) is 12.2. The number of hydrogen-bond donors (Lipinski definition) is 2. The average molecular weight is 314 g/mol. The van der Waals surface area contributed by atoms with Gasteiger partial charge in [-0.2, -0.15) is 0 Å². The Kier molecular flexibility index (Phi) is 4.65. The zero-order chi connectivity index (χ0) is 13.1. The van der Waals surface area contributed by atoms with Gasteiger partial charge in [-0.15, -0.1) is 0 Å². The molecular formula is C14H20BrNO2. The van der Waals surface area contributed by atoms with Gasteiger partial charge in [0.25, 0.3) is 0 Å². The second-order valence-electron chi connectivity index (χ2n) is 4.98. The van der Waals surface area contributed by atoms with Gasteiger partial charge in [-0.1, -0.05) is 22.4 Å². The highest BCUT2D eigenvalue weighted by atomic mass is 79.9. The van der Waals surface area contributed by atoms with Crippen molar-refractivity contribution in [2.24, 2.45) is 5.73 Å². The predicted octanol–water partition coefficient (Wildman–Crippen LogP) is 3.15. The smallest absolute Gasteiger partial charge is 0.124 e. The van der Waals surface area contributed by atoms with E-state index in [9.17, 15) is 5.11 Å². The Labute approximate surface area is 116 Å². The maximum atomic E-state index is 9.95. The standard InChI is InChI=1S/C14H20BrNO2/c1-9(16)11-8-10(15)6-7-13(11)18-14-5-3-2-4-12(14)17/h6-9,12,14,17H,2-5,16H2,1H3. The molecule has 3 N–H and O–H groups in total. The average Bonchev–Trinajstić information content (AvgIpc) is 2.34. The van der Waals surface area contributed by atoms with Crippen molar-refractivity contribution in [3.63, 3.8) is 0 Å². The molecule has 2 rings (SSSR count). The molecule has 0 bridgehead atoms. The van der Waals surface area contributed by atoms with E-state index < -0.39 is 0 Å². The van der Waals surface area contributed by atoms with Crippen LogP contribution < -0.4 is 10.5 Å². The molecule has 1 aromatic rings. The summed E-state index contributed by atoms with van der Waals surface area (Å²) in [6.45, 7) is 1.94. The van der Waals surface area contributed by atoms with Crippen LogP contribution in [0.25, 0.3) is 0 Å². The summed E-state index contributed by atoms with van der Waals surface area (Å²) in [5.41, 5.74) is 6.93. The second-order valence-corrected chi connectivity index (χ2v) is 5.89. The number of halogens is 1. The predicted molar refractivity (Wildman–Crippen MR) is 75.6 cm³/mol. The molecule has 0 aliphatic heterocycles.